The summed E-state index contributed by atoms with van der Waals surface area (Å²) in [6.07, 6.45) is 0.920. The van der Waals surface area contributed by atoms with Gasteiger partial charge in [-0.2, -0.15) is 0 Å². The minimum absolute atomic E-state index is 0.212. The third kappa shape index (κ3) is 3.73. The molecule has 3 heterocycles. The summed E-state index contributed by atoms with van der Waals surface area (Å²) < 4.78 is 7.34. The Morgan fingerprint density at radius 3 is 2.96 bits per heavy atom. The van der Waals surface area contributed by atoms with E-state index >= 15 is 0 Å². The Morgan fingerprint density at radius 2 is 2.23 bits per heavy atom. The Kier molecular flexibility index (Phi) is 5.58. The predicted molar refractivity (Wildman–Crippen MR) is 93.0 cm³/mol. The first-order valence-electron chi connectivity index (χ1n) is 7.93. The number of nitrogens with two attached hydrogens (primary N) is 2. The number of aliphatic hydroxyl groups is 2. The second-order valence-electron chi connectivity index (χ2n) is 5.95. The quantitative estimate of drug-likeness (QED) is 0.366. The van der Waals surface area contributed by atoms with Gasteiger partial charge >= 0.3 is 5.97 Å². The Balaban J connectivity index is 1.63. The molecule has 11 nitrogen and oxygen atoms in total. The van der Waals surface area contributed by atoms with E-state index in [9.17, 15) is 15.0 Å². The summed E-state index contributed by atoms with van der Waals surface area (Å²) in [5.74, 6) is -0.503. The van der Waals surface area contributed by atoms with Crippen molar-refractivity contribution in [2.24, 2.45) is 5.73 Å². The molecule has 0 aliphatic carbocycles. The van der Waals surface area contributed by atoms with Crippen LogP contribution in [-0.2, 0) is 9.53 Å². The molecule has 0 radical (unpaired) electrons. The molecule has 7 N–H and O–H groups in total. The van der Waals surface area contributed by atoms with Gasteiger partial charge in [-0.05, 0) is 12.2 Å². The first-order valence-corrected chi connectivity index (χ1v) is 8.98. The maximum atomic E-state index is 10.7. The first-order chi connectivity index (χ1) is 12.4. The molecule has 0 aromatic carbocycles. The number of carbonyl (C=O) groups is 1. The molecule has 142 valence electrons. The van der Waals surface area contributed by atoms with Gasteiger partial charge in [0.15, 0.2) is 17.7 Å². The van der Waals surface area contributed by atoms with Crippen molar-refractivity contribution in [2.45, 2.75) is 42.8 Å². The van der Waals surface area contributed by atoms with E-state index < -0.39 is 35.9 Å². The van der Waals surface area contributed by atoms with Gasteiger partial charge in [0.25, 0.3) is 0 Å². The molecule has 1 unspecified atom stereocenters. The van der Waals surface area contributed by atoms with Gasteiger partial charge in [0.1, 0.15) is 29.4 Å². The van der Waals surface area contributed by atoms with E-state index in [1.54, 1.807) is 4.57 Å². The molecule has 12 heteroatoms. The third-order valence-electron chi connectivity index (χ3n) is 4.13. The summed E-state index contributed by atoms with van der Waals surface area (Å²) in [6.45, 7) is 0. The lowest BCUT2D eigenvalue weighted by atomic mass is 10.2. The van der Waals surface area contributed by atoms with E-state index in [4.69, 9.17) is 21.3 Å². The molecule has 5 atom stereocenters. The van der Waals surface area contributed by atoms with Gasteiger partial charge in [-0.3, -0.25) is 9.36 Å². The maximum absolute atomic E-state index is 10.7. The van der Waals surface area contributed by atoms with E-state index in [2.05, 4.69) is 15.0 Å². The van der Waals surface area contributed by atoms with Crippen molar-refractivity contribution in [3.05, 3.63) is 12.7 Å². The smallest absolute Gasteiger partial charge is 0.320 e. The molecule has 26 heavy (non-hydrogen) atoms. The topological polar surface area (TPSA) is 183 Å². The van der Waals surface area contributed by atoms with Crippen molar-refractivity contribution < 1.29 is 24.9 Å². The number of imidazole rings is 1. The molecular weight excluding hydrogens is 364 g/mol. The Hall–Kier alpha value is -1.99. The maximum Gasteiger partial charge on any atom is 0.320 e. The normalized spacial score (nSPS) is 25.4. The number of nitrogens with zero attached hydrogens (tertiary/aromatic N) is 4. The Morgan fingerprint density at radius 1 is 1.46 bits per heavy atom. The zero-order chi connectivity index (χ0) is 18.8. The molecule has 2 aromatic heterocycles. The first kappa shape index (κ1) is 18.8. The van der Waals surface area contributed by atoms with Crippen LogP contribution in [0.1, 0.15) is 19.1 Å². The molecule has 1 aliphatic heterocycles. The fraction of sp³-hybridized carbons (Fsp3) is 0.571. The Labute approximate surface area is 152 Å². The fourth-order valence-electron chi connectivity index (χ4n) is 2.72. The average molecular weight is 384 g/mol. The third-order valence-corrected chi connectivity index (χ3v) is 5.25. The van der Waals surface area contributed by atoms with E-state index in [1.165, 1.54) is 12.7 Å². The molecule has 2 aromatic rings. The van der Waals surface area contributed by atoms with Gasteiger partial charge in [-0.1, -0.05) is 0 Å². The number of aliphatic carboxylic acids is 1. The number of ether oxygens (including phenoxy) is 1. The molecule has 1 fully saturated rings. The molecule has 0 spiro atoms. The summed E-state index contributed by atoms with van der Waals surface area (Å²) in [6, 6.07) is -0.972. The number of hydrogen-bond donors (Lipinski definition) is 5. The molecule has 0 saturated carbocycles. The van der Waals surface area contributed by atoms with E-state index in [0.717, 1.165) is 11.8 Å². The van der Waals surface area contributed by atoms with Gasteiger partial charge in [0.05, 0.1) is 12.4 Å². The monoisotopic (exact) mass is 384 g/mol. The molecule has 0 amide bonds. The number of aromatic nitrogens is 4. The summed E-state index contributed by atoms with van der Waals surface area (Å²) in [5.41, 5.74) is 11.1. The zero-order valence-electron chi connectivity index (χ0n) is 13.7. The van der Waals surface area contributed by atoms with Crippen LogP contribution in [0.2, 0.25) is 0 Å². The van der Waals surface area contributed by atoms with E-state index in [-0.39, 0.29) is 18.7 Å². The van der Waals surface area contributed by atoms with Gasteiger partial charge in [-0.25, -0.2) is 15.0 Å². The fourth-order valence-corrected chi connectivity index (χ4v) is 3.74. The highest BCUT2D eigenvalue weighted by atomic mass is 32.2. The number of rotatable bonds is 7. The minimum Gasteiger partial charge on any atom is -0.480 e. The van der Waals surface area contributed by atoms with Crippen LogP contribution in [0, 0.1) is 0 Å². The highest BCUT2D eigenvalue weighted by molar-refractivity contribution is 7.99. The Bertz CT molecular complexity index is 788. The standard InChI is InChI=1S/C14H20N6O5S/c15-6(13(22)23)1-2-26-14(24)8-3-7(21)12(25-8)20-5-19-9-10(16)17-4-18-11(9)20/h4-8,12,14,21,24H,1-3,15H2,(H,22,23)(H2,16,17,18)/t6-,7+,8-,12+,14?/m0/s1. The van der Waals surface area contributed by atoms with Crippen LogP contribution in [0.5, 0.6) is 0 Å². The zero-order valence-corrected chi connectivity index (χ0v) is 14.5. The van der Waals surface area contributed by atoms with Crippen molar-refractivity contribution in [2.75, 3.05) is 11.5 Å². The summed E-state index contributed by atoms with van der Waals surface area (Å²) in [7, 11) is 0. The van der Waals surface area contributed by atoms with Gasteiger partial charge in [0, 0.05) is 6.42 Å². The molecular formula is C14H20N6O5S. The van der Waals surface area contributed by atoms with Gasteiger partial charge in [0.2, 0.25) is 0 Å². The summed E-state index contributed by atoms with van der Waals surface area (Å²) in [5, 5.41) is 29.3. The lowest BCUT2D eigenvalue weighted by molar-refractivity contribution is -0.138. The van der Waals surface area contributed by atoms with Crippen LogP contribution in [0.25, 0.3) is 11.2 Å². The predicted octanol–water partition coefficient (Wildman–Crippen LogP) is -1.09. The van der Waals surface area contributed by atoms with E-state index in [1.807, 2.05) is 0 Å². The number of aliphatic hydroxyl groups excluding tert-OH is 2. The highest BCUT2D eigenvalue weighted by Gasteiger charge is 2.39. The van der Waals surface area contributed by atoms with Crippen molar-refractivity contribution in [3.8, 4) is 0 Å². The van der Waals surface area contributed by atoms with Crippen LogP contribution < -0.4 is 11.5 Å². The van der Waals surface area contributed by atoms with Crippen molar-refractivity contribution >= 4 is 34.7 Å². The van der Waals surface area contributed by atoms with Crippen LogP contribution in [-0.4, -0.2) is 70.2 Å². The van der Waals surface area contributed by atoms with Crippen LogP contribution in [0.4, 0.5) is 5.82 Å². The van der Waals surface area contributed by atoms with Crippen LogP contribution in [0.3, 0.4) is 0 Å². The molecule has 1 aliphatic rings. The molecule has 1 saturated heterocycles. The number of fused-ring (bicyclic) bond motifs is 1. The minimum atomic E-state index is -1.08. The number of thioether (sulfide) groups is 1. The second-order valence-corrected chi connectivity index (χ2v) is 7.17. The van der Waals surface area contributed by atoms with Crippen molar-refractivity contribution in [1.82, 2.24) is 19.5 Å². The lowest BCUT2D eigenvalue weighted by Gasteiger charge is -2.19. The van der Waals surface area contributed by atoms with Crippen molar-refractivity contribution in [3.63, 3.8) is 0 Å². The lowest BCUT2D eigenvalue weighted by Crippen LogP contribution is -2.31. The molecule has 3 rings (SSSR count). The number of carboxylic acid groups (broad SMARTS) is 1. The SMILES string of the molecule is Nc1ncnc2c1ncn2[C@@H]1O[C@H](C(O)SCC[C@H](N)C(=O)O)C[C@H]1O. The number of hydrogen-bond acceptors (Lipinski definition) is 10. The summed E-state index contributed by atoms with van der Waals surface area (Å²) in [4.78, 5) is 22.8. The largest absolute Gasteiger partial charge is 0.480 e. The van der Waals surface area contributed by atoms with Gasteiger partial charge in [-0.15, -0.1) is 11.8 Å². The average Bonchev–Trinajstić information content (AvgIpc) is 3.18. The second kappa shape index (κ2) is 7.72. The number of anilines is 1. The number of carboxylic acids is 1. The van der Waals surface area contributed by atoms with Crippen LogP contribution in [0.15, 0.2) is 12.7 Å². The van der Waals surface area contributed by atoms with Gasteiger partial charge < -0.3 is 31.5 Å². The number of nitrogen functional groups attached to an aromatic ring is 1. The van der Waals surface area contributed by atoms with Crippen molar-refractivity contribution in [1.29, 1.82) is 0 Å². The van der Waals surface area contributed by atoms with E-state index in [0.29, 0.717) is 16.9 Å². The molecule has 0 bridgehead atoms. The van der Waals surface area contributed by atoms with Crippen LogP contribution >= 0.6 is 11.8 Å². The highest BCUT2D eigenvalue weighted by Crippen LogP contribution is 2.35. The summed E-state index contributed by atoms with van der Waals surface area (Å²) >= 11 is 1.13.